The highest BCUT2D eigenvalue weighted by molar-refractivity contribution is 5.75. The van der Waals surface area contributed by atoms with Crippen molar-refractivity contribution in [2.75, 3.05) is 0 Å². The number of carbonyl (C=O) groups is 2. The van der Waals surface area contributed by atoms with E-state index in [9.17, 15) is 14.7 Å². The molecule has 0 saturated heterocycles. The van der Waals surface area contributed by atoms with Gasteiger partial charge in [-0.2, -0.15) is 0 Å². The minimum Gasteiger partial charge on any atom is -0.546 e. The van der Waals surface area contributed by atoms with Crippen LogP contribution in [0.15, 0.2) is 0 Å². The molecule has 0 bridgehead atoms. The Morgan fingerprint density at radius 1 is 0.909 bits per heavy atom. The second-order valence-corrected chi connectivity index (χ2v) is 6.13. The molecule has 4 nitrogen and oxygen atoms in total. The van der Waals surface area contributed by atoms with Crippen molar-refractivity contribution >= 4 is 11.9 Å². The van der Waals surface area contributed by atoms with Crippen molar-refractivity contribution < 1.29 is 19.4 Å². The van der Waals surface area contributed by atoms with E-state index in [1.165, 1.54) is 51.9 Å². The Morgan fingerprint density at radius 3 is 1.82 bits per heavy atom. The van der Waals surface area contributed by atoms with E-state index >= 15 is 0 Å². The molecule has 0 rings (SSSR count). The minimum atomic E-state index is -1.28. The summed E-state index contributed by atoms with van der Waals surface area (Å²) in [4.78, 5) is 22.1. The molecular weight excluding hydrogens is 280 g/mol. The van der Waals surface area contributed by atoms with Gasteiger partial charge in [0.1, 0.15) is 6.10 Å². The standard InChI is InChI=1S/C18H34O4/c1-4-6-7-8-9-10-11-12-13-14-16(5-2)17(18(20)21)22-15(3)19/h16-17H,4-14H2,1-3H3,(H,20,21)/p-1. The van der Waals surface area contributed by atoms with Gasteiger partial charge in [0.05, 0.1) is 5.97 Å². The molecular formula is C18H33O4-. The molecule has 22 heavy (non-hydrogen) atoms. The summed E-state index contributed by atoms with van der Waals surface area (Å²) in [5, 5.41) is 11.1. The number of carboxylic acid groups (broad SMARTS) is 1. The molecule has 4 heteroatoms. The summed E-state index contributed by atoms with van der Waals surface area (Å²) < 4.78 is 4.90. The van der Waals surface area contributed by atoms with Gasteiger partial charge >= 0.3 is 5.97 Å². The molecule has 0 radical (unpaired) electrons. The maximum absolute atomic E-state index is 11.1. The molecule has 0 heterocycles. The van der Waals surface area contributed by atoms with Crippen LogP contribution in [-0.4, -0.2) is 18.0 Å². The van der Waals surface area contributed by atoms with E-state index in [4.69, 9.17) is 4.74 Å². The van der Waals surface area contributed by atoms with Gasteiger partial charge in [0.2, 0.25) is 0 Å². The molecule has 0 aromatic carbocycles. The summed E-state index contributed by atoms with van der Waals surface area (Å²) in [6, 6.07) is 0. The maximum Gasteiger partial charge on any atom is 0.303 e. The lowest BCUT2D eigenvalue weighted by Crippen LogP contribution is -2.43. The maximum atomic E-state index is 11.1. The number of carbonyl (C=O) groups excluding carboxylic acids is 2. The van der Waals surface area contributed by atoms with Crippen LogP contribution >= 0.6 is 0 Å². The zero-order valence-electron chi connectivity index (χ0n) is 14.6. The topological polar surface area (TPSA) is 66.4 Å². The number of rotatable bonds is 14. The first kappa shape index (κ1) is 20.9. The molecule has 0 fully saturated rings. The normalized spacial score (nSPS) is 13.6. The third kappa shape index (κ3) is 10.6. The largest absolute Gasteiger partial charge is 0.546 e. The van der Waals surface area contributed by atoms with Gasteiger partial charge in [0.15, 0.2) is 0 Å². The lowest BCUT2D eigenvalue weighted by molar-refractivity contribution is -0.318. The Hall–Kier alpha value is -1.06. The van der Waals surface area contributed by atoms with E-state index in [2.05, 4.69) is 6.92 Å². The van der Waals surface area contributed by atoms with Crippen LogP contribution in [0.25, 0.3) is 0 Å². The molecule has 0 spiro atoms. The Bertz CT molecular complexity index is 301. The van der Waals surface area contributed by atoms with Gasteiger partial charge in [0, 0.05) is 12.8 Å². The van der Waals surface area contributed by atoms with Crippen LogP contribution in [0.3, 0.4) is 0 Å². The number of ether oxygens (including phenoxy) is 1. The van der Waals surface area contributed by atoms with Gasteiger partial charge < -0.3 is 14.6 Å². The zero-order valence-corrected chi connectivity index (χ0v) is 14.6. The summed E-state index contributed by atoms with van der Waals surface area (Å²) in [6.07, 6.45) is 11.5. The predicted octanol–water partition coefficient (Wildman–Crippen LogP) is 3.62. The first-order valence-corrected chi connectivity index (χ1v) is 8.90. The SMILES string of the molecule is CCCCCCCCCCCC(CC)C(OC(C)=O)C(=O)[O-]. The zero-order chi connectivity index (χ0) is 16.8. The van der Waals surface area contributed by atoms with Crippen molar-refractivity contribution in [1.82, 2.24) is 0 Å². The lowest BCUT2D eigenvalue weighted by Gasteiger charge is -2.26. The fraction of sp³-hybridized carbons (Fsp3) is 0.889. The van der Waals surface area contributed by atoms with Crippen molar-refractivity contribution in [1.29, 1.82) is 0 Å². The molecule has 0 aliphatic rings. The van der Waals surface area contributed by atoms with Crippen LogP contribution in [0.1, 0.15) is 91.4 Å². The number of carboxylic acids is 1. The van der Waals surface area contributed by atoms with E-state index in [0.717, 1.165) is 19.3 Å². The van der Waals surface area contributed by atoms with E-state index in [0.29, 0.717) is 6.42 Å². The van der Waals surface area contributed by atoms with Gasteiger partial charge in [-0.15, -0.1) is 0 Å². The monoisotopic (exact) mass is 313 g/mol. The van der Waals surface area contributed by atoms with Gasteiger partial charge in [-0.05, 0) is 12.8 Å². The van der Waals surface area contributed by atoms with Crippen LogP contribution in [0, 0.1) is 5.92 Å². The molecule has 0 aliphatic heterocycles. The van der Waals surface area contributed by atoms with Gasteiger partial charge in [-0.1, -0.05) is 71.6 Å². The highest BCUT2D eigenvalue weighted by atomic mass is 16.6. The Labute approximate surface area is 135 Å². The van der Waals surface area contributed by atoms with E-state index in [-0.39, 0.29) is 5.92 Å². The van der Waals surface area contributed by atoms with Gasteiger partial charge in [0.25, 0.3) is 0 Å². The first-order valence-electron chi connectivity index (χ1n) is 8.90. The fourth-order valence-electron chi connectivity index (χ4n) is 2.80. The Kier molecular flexibility index (Phi) is 12.9. The summed E-state index contributed by atoms with van der Waals surface area (Å²) >= 11 is 0. The van der Waals surface area contributed by atoms with Crippen LogP contribution in [0.5, 0.6) is 0 Å². The third-order valence-corrected chi connectivity index (χ3v) is 4.16. The predicted molar refractivity (Wildman–Crippen MR) is 86.2 cm³/mol. The van der Waals surface area contributed by atoms with Crippen LogP contribution < -0.4 is 5.11 Å². The van der Waals surface area contributed by atoms with E-state index < -0.39 is 18.0 Å². The molecule has 130 valence electrons. The average Bonchev–Trinajstić information content (AvgIpc) is 2.47. The minimum absolute atomic E-state index is 0.140. The molecule has 0 saturated carbocycles. The fourth-order valence-corrected chi connectivity index (χ4v) is 2.80. The summed E-state index contributed by atoms with van der Waals surface area (Å²) in [5.74, 6) is -1.98. The highest BCUT2D eigenvalue weighted by Gasteiger charge is 2.23. The number of hydrogen-bond donors (Lipinski definition) is 0. The molecule has 0 amide bonds. The molecule has 0 N–H and O–H groups in total. The van der Waals surface area contributed by atoms with Crippen LogP contribution in [0.4, 0.5) is 0 Å². The van der Waals surface area contributed by atoms with E-state index in [1.54, 1.807) is 0 Å². The molecule has 0 aromatic heterocycles. The van der Waals surface area contributed by atoms with Crippen molar-refractivity contribution in [3.63, 3.8) is 0 Å². The summed E-state index contributed by atoms with van der Waals surface area (Å²) in [5.41, 5.74) is 0. The van der Waals surface area contributed by atoms with Crippen LogP contribution in [0.2, 0.25) is 0 Å². The summed E-state index contributed by atoms with van der Waals surface area (Å²) in [7, 11) is 0. The summed E-state index contributed by atoms with van der Waals surface area (Å²) in [6.45, 7) is 5.39. The Morgan fingerprint density at radius 2 is 1.41 bits per heavy atom. The lowest BCUT2D eigenvalue weighted by atomic mass is 9.92. The molecule has 0 aromatic rings. The molecule has 2 unspecified atom stereocenters. The Balaban J connectivity index is 3.84. The number of esters is 1. The van der Waals surface area contributed by atoms with Crippen molar-refractivity contribution in [3.8, 4) is 0 Å². The van der Waals surface area contributed by atoms with Crippen LogP contribution in [-0.2, 0) is 14.3 Å². The molecule has 2 atom stereocenters. The smallest absolute Gasteiger partial charge is 0.303 e. The number of aliphatic carboxylic acids is 1. The second kappa shape index (κ2) is 13.6. The van der Waals surface area contributed by atoms with Crippen molar-refractivity contribution in [2.45, 2.75) is 97.5 Å². The first-order chi connectivity index (χ1) is 10.5. The second-order valence-electron chi connectivity index (χ2n) is 6.13. The highest BCUT2D eigenvalue weighted by Crippen LogP contribution is 2.21. The average molecular weight is 313 g/mol. The van der Waals surface area contributed by atoms with Gasteiger partial charge in [-0.25, -0.2) is 0 Å². The van der Waals surface area contributed by atoms with Crippen molar-refractivity contribution in [2.24, 2.45) is 5.92 Å². The third-order valence-electron chi connectivity index (χ3n) is 4.16. The van der Waals surface area contributed by atoms with Crippen molar-refractivity contribution in [3.05, 3.63) is 0 Å². The quantitative estimate of drug-likeness (QED) is 0.363. The van der Waals surface area contributed by atoms with Gasteiger partial charge in [-0.3, -0.25) is 4.79 Å². The van der Waals surface area contributed by atoms with E-state index in [1.807, 2.05) is 6.92 Å². The number of unbranched alkanes of at least 4 members (excludes halogenated alkanes) is 8. The molecule has 0 aliphatic carbocycles. The number of hydrogen-bond acceptors (Lipinski definition) is 4.